The molecule has 0 heterocycles. The van der Waals surface area contributed by atoms with E-state index in [1.54, 1.807) is 0 Å². The number of carbonyl (C=O) groups excluding carboxylic acids is 1. The fourth-order valence-corrected chi connectivity index (χ4v) is 7.42. The van der Waals surface area contributed by atoms with Crippen molar-refractivity contribution in [3.63, 3.8) is 0 Å². The van der Waals surface area contributed by atoms with Gasteiger partial charge in [-0.2, -0.15) is 0 Å². The Labute approximate surface area is 170 Å². The maximum atomic E-state index is 12.6. The molecule has 0 saturated heterocycles. The quantitative estimate of drug-likeness (QED) is 0.451. The van der Waals surface area contributed by atoms with Crippen molar-refractivity contribution in [1.29, 1.82) is 0 Å². The van der Waals surface area contributed by atoms with E-state index in [1.807, 2.05) is 6.92 Å². The van der Waals surface area contributed by atoms with Crippen molar-refractivity contribution < 1.29 is 14.4 Å². The Morgan fingerprint density at radius 3 is 2.71 bits per heavy atom. The predicted octanol–water partition coefficient (Wildman–Crippen LogP) is 5.40. The fraction of sp³-hybridized carbons (Fsp3) is 0.917. The minimum atomic E-state index is 0.000971. The van der Waals surface area contributed by atoms with E-state index in [-0.39, 0.29) is 5.41 Å². The van der Waals surface area contributed by atoms with Crippen LogP contribution in [0.4, 0.5) is 0 Å². The van der Waals surface area contributed by atoms with Gasteiger partial charge < -0.3 is 9.57 Å². The molecule has 28 heavy (non-hydrogen) atoms. The van der Waals surface area contributed by atoms with Crippen molar-refractivity contribution in [1.82, 2.24) is 0 Å². The molecule has 4 aliphatic rings. The fourth-order valence-electron chi connectivity index (χ4n) is 7.42. The zero-order chi connectivity index (χ0) is 19.8. The maximum absolute atomic E-state index is 12.6. The van der Waals surface area contributed by atoms with Crippen LogP contribution in [-0.2, 0) is 14.4 Å². The number of rotatable bonds is 6. The van der Waals surface area contributed by atoms with Crippen LogP contribution >= 0.6 is 0 Å². The first-order valence-corrected chi connectivity index (χ1v) is 11.8. The van der Waals surface area contributed by atoms with E-state index >= 15 is 0 Å². The number of carbonyl (C=O) groups is 1. The van der Waals surface area contributed by atoms with Crippen LogP contribution in [0, 0.1) is 34.5 Å². The molecule has 4 fully saturated rings. The number of oxime groups is 1. The molecule has 0 aromatic carbocycles. The van der Waals surface area contributed by atoms with Crippen LogP contribution in [0.1, 0.15) is 85.0 Å². The summed E-state index contributed by atoms with van der Waals surface area (Å²) < 4.78 is 5.35. The Morgan fingerprint density at radius 1 is 1.04 bits per heavy atom. The average molecular weight is 390 g/mol. The van der Waals surface area contributed by atoms with E-state index in [1.165, 1.54) is 31.4 Å². The Kier molecular flexibility index (Phi) is 5.88. The minimum absolute atomic E-state index is 0.000971. The van der Waals surface area contributed by atoms with Crippen LogP contribution in [0.15, 0.2) is 5.16 Å². The molecule has 158 valence electrons. The van der Waals surface area contributed by atoms with Gasteiger partial charge in [0.15, 0.2) is 0 Å². The van der Waals surface area contributed by atoms with E-state index in [0.717, 1.165) is 69.5 Å². The Bertz CT molecular complexity index is 617. The molecule has 4 rings (SSSR count). The summed E-state index contributed by atoms with van der Waals surface area (Å²) in [5.74, 6) is 3.54. The van der Waals surface area contributed by atoms with Gasteiger partial charge in [0.25, 0.3) is 0 Å². The highest BCUT2D eigenvalue weighted by Gasteiger charge is 2.60. The molecule has 0 bridgehead atoms. The third-order valence-corrected chi connectivity index (χ3v) is 9.13. The van der Waals surface area contributed by atoms with Crippen LogP contribution < -0.4 is 0 Å². The number of hydrogen-bond donors (Lipinski definition) is 0. The lowest BCUT2D eigenvalue weighted by Gasteiger charge is -2.59. The van der Waals surface area contributed by atoms with Gasteiger partial charge in [-0.1, -0.05) is 19.0 Å². The number of ketones is 1. The van der Waals surface area contributed by atoms with Crippen LogP contribution in [-0.4, -0.2) is 31.3 Å². The van der Waals surface area contributed by atoms with Gasteiger partial charge in [0.1, 0.15) is 12.4 Å². The first kappa shape index (κ1) is 20.4. The molecule has 4 heteroatoms. The number of fused-ring (bicyclic) bond motifs is 5. The molecule has 0 aliphatic heterocycles. The van der Waals surface area contributed by atoms with Gasteiger partial charge in [0, 0.05) is 31.5 Å². The van der Waals surface area contributed by atoms with Crippen molar-refractivity contribution in [2.45, 2.75) is 85.0 Å². The van der Waals surface area contributed by atoms with E-state index in [0.29, 0.717) is 23.7 Å². The summed E-state index contributed by atoms with van der Waals surface area (Å²) in [6.07, 6.45) is 11.4. The van der Waals surface area contributed by atoms with E-state index in [4.69, 9.17) is 9.57 Å². The van der Waals surface area contributed by atoms with E-state index in [9.17, 15) is 4.79 Å². The predicted molar refractivity (Wildman–Crippen MR) is 111 cm³/mol. The largest absolute Gasteiger partial charge is 0.396 e. The van der Waals surface area contributed by atoms with E-state index < -0.39 is 0 Å². The van der Waals surface area contributed by atoms with Gasteiger partial charge in [-0.05, 0) is 87.4 Å². The lowest BCUT2D eigenvalue weighted by molar-refractivity contribution is -0.137. The minimum Gasteiger partial charge on any atom is -0.396 e. The van der Waals surface area contributed by atoms with Crippen molar-refractivity contribution >= 4 is 11.5 Å². The normalized spacial score (nSPS) is 44.1. The van der Waals surface area contributed by atoms with Gasteiger partial charge in [0.2, 0.25) is 0 Å². The standard InChI is InChI=1S/C24H39NO3/c1-4-27-14-5-15-28-25-18-10-12-23(2)17(16-18)6-7-19-20-8-9-22(26)24(20,3)13-11-21(19)23/h17,19-21H,4-16H2,1-3H3/b25-18-. The van der Waals surface area contributed by atoms with Crippen molar-refractivity contribution in [3.8, 4) is 0 Å². The number of hydrogen-bond acceptors (Lipinski definition) is 4. The number of Topliss-reactive ketones (excluding diaryl/α,β-unsaturated/α-hetero) is 1. The van der Waals surface area contributed by atoms with Gasteiger partial charge in [-0.25, -0.2) is 0 Å². The van der Waals surface area contributed by atoms with Gasteiger partial charge in [-0.15, -0.1) is 0 Å². The third-order valence-electron chi connectivity index (χ3n) is 9.13. The molecule has 4 nitrogen and oxygen atoms in total. The second-order valence-corrected chi connectivity index (χ2v) is 10.3. The molecule has 4 aliphatic carbocycles. The van der Waals surface area contributed by atoms with Crippen LogP contribution in [0.5, 0.6) is 0 Å². The highest BCUT2D eigenvalue weighted by atomic mass is 16.6. The molecule has 0 amide bonds. The summed E-state index contributed by atoms with van der Waals surface area (Å²) in [5.41, 5.74) is 1.71. The molecule has 0 N–H and O–H groups in total. The maximum Gasteiger partial charge on any atom is 0.139 e. The first-order chi connectivity index (χ1) is 13.5. The SMILES string of the molecule is CCOCCCO/N=C1/CCC2(C)C(CCC3C4CCC(=O)C4(C)CCC32)C1. The highest BCUT2D eigenvalue weighted by molar-refractivity contribution is 5.87. The number of ether oxygens (including phenoxy) is 1. The Balaban J connectivity index is 1.37. The monoisotopic (exact) mass is 389 g/mol. The summed E-state index contributed by atoms with van der Waals surface area (Å²) in [6, 6.07) is 0. The highest BCUT2D eigenvalue weighted by Crippen LogP contribution is 2.65. The second-order valence-electron chi connectivity index (χ2n) is 10.3. The molecule has 0 aromatic rings. The van der Waals surface area contributed by atoms with Crippen LogP contribution in [0.2, 0.25) is 0 Å². The van der Waals surface area contributed by atoms with Gasteiger partial charge in [-0.3, -0.25) is 4.79 Å². The Morgan fingerprint density at radius 2 is 1.89 bits per heavy atom. The van der Waals surface area contributed by atoms with Gasteiger partial charge >= 0.3 is 0 Å². The molecule has 0 radical (unpaired) electrons. The zero-order valence-corrected chi connectivity index (χ0v) is 18.2. The first-order valence-electron chi connectivity index (χ1n) is 11.8. The third kappa shape index (κ3) is 3.44. The van der Waals surface area contributed by atoms with Gasteiger partial charge in [0.05, 0.1) is 5.71 Å². The zero-order valence-electron chi connectivity index (χ0n) is 18.2. The summed E-state index contributed by atoms with van der Waals surface area (Å²) >= 11 is 0. The summed E-state index contributed by atoms with van der Waals surface area (Å²) in [7, 11) is 0. The van der Waals surface area contributed by atoms with Crippen molar-refractivity contribution in [2.24, 2.45) is 39.7 Å². The molecule has 0 aromatic heterocycles. The molecule has 4 saturated carbocycles. The Hall–Kier alpha value is -0.900. The molecule has 6 unspecified atom stereocenters. The summed E-state index contributed by atoms with van der Waals surface area (Å²) in [6.45, 7) is 9.05. The van der Waals surface area contributed by atoms with Crippen LogP contribution in [0.3, 0.4) is 0 Å². The molecule has 0 spiro atoms. The van der Waals surface area contributed by atoms with Crippen molar-refractivity contribution in [2.75, 3.05) is 19.8 Å². The van der Waals surface area contributed by atoms with Crippen LogP contribution in [0.25, 0.3) is 0 Å². The molecule has 6 atom stereocenters. The summed E-state index contributed by atoms with van der Waals surface area (Å²) in [5, 5.41) is 4.50. The molecular formula is C24H39NO3. The lowest BCUT2D eigenvalue weighted by atomic mass is 9.45. The molecular weight excluding hydrogens is 350 g/mol. The smallest absolute Gasteiger partial charge is 0.139 e. The van der Waals surface area contributed by atoms with E-state index in [2.05, 4.69) is 19.0 Å². The average Bonchev–Trinajstić information content (AvgIpc) is 2.99. The topological polar surface area (TPSA) is 47.9 Å². The number of nitrogens with zero attached hydrogens (tertiary/aromatic N) is 1. The summed E-state index contributed by atoms with van der Waals surface area (Å²) in [4.78, 5) is 18.1. The van der Waals surface area contributed by atoms with Crippen molar-refractivity contribution in [3.05, 3.63) is 0 Å². The second kappa shape index (κ2) is 8.08. The lowest BCUT2D eigenvalue weighted by Crippen LogP contribution is -2.53.